The first-order valence-electron chi connectivity index (χ1n) is 7.20. The Hall–Kier alpha value is -1.14. The highest BCUT2D eigenvalue weighted by Gasteiger charge is 2.43. The lowest BCUT2D eigenvalue weighted by molar-refractivity contribution is -0.0967. The van der Waals surface area contributed by atoms with Gasteiger partial charge in [0.2, 0.25) is 0 Å². The summed E-state index contributed by atoms with van der Waals surface area (Å²) in [5.41, 5.74) is 7.04. The number of nitrogens with zero attached hydrogens (tertiary/aromatic N) is 3. The molecule has 1 saturated carbocycles. The lowest BCUT2D eigenvalue weighted by Gasteiger charge is -2.37. The average Bonchev–Trinajstić information content (AvgIpc) is 3.04. The van der Waals surface area contributed by atoms with Crippen LogP contribution in [0.25, 0.3) is 0 Å². The molecule has 2 N–H and O–H groups in total. The minimum Gasteiger partial charge on any atom is -0.381 e. The van der Waals surface area contributed by atoms with E-state index in [2.05, 4.69) is 15.0 Å². The van der Waals surface area contributed by atoms with Gasteiger partial charge in [-0.25, -0.2) is 4.68 Å². The molecule has 1 aliphatic carbocycles. The molecule has 3 heterocycles. The van der Waals surface area contributed by atoms with E-state index in [9.17, 15) is 0 Å². The molecule has 0 aromatic carbocycles. The molecule has 1 aromatic rings. The van der Waals surface area contributed by atoms with Gasteiger partial charge < -0.3 is 15.2 Å². The summed E-state index contributed by atoms with van der Waals surface area (Å²) in [6.07, 6.45) is 5.39. The topological polar surface area (TPSA) is 75.2 Å². The molecule has 19 heavy (non-hydrogen) atoms. The Morgan fingerprint density at radius 1 is 1.26 bits per heavy atom. The van der Waals surface area contributed by atoms with Crippen LogP contribution in [0, 0.1) is 0 Å². The molecule has 6 heteroatoms. The molecule has 4 rings (SSSR count). The second kappa shape index (κ2) is 4.18. The Morgan fingerprint density at radius 2 is 2.16 bits per heavy atom. The molecule has 104 valence electrons. The van der Waals surface area contributed by atoms with E-state index in [1.54, 1.807) is 0 Å². The van der Waals surface area contributed by atoms with Gasteiger partial charge in [-0.1, -0.05) is 5.21 Å². The summed E-state index contributed by atoms with van der Waals surface area (Å²) >= 11 is 0. The van der Waals surface area contributed by atoms with Crippen LogP contribution >= 0.6 is 0 Å². The Kier molecular flexibility index (Phi) is 2.57. The molecule has 0 amide bonds. The smallest absolute Gasteiger partial charge is 0.169 e. The fourth-order valence-electron chi connectivity index (χ4n) is 3.41. The van der Waals surface area contributed by atoms with E-state index in [1.807, 2.05) is 0 Å². The predicted octanol–water partition coefficient (Wildman–Crippen LogP) is 1.25. The van der Waals surface area contributed by atoms with E-state index >= 15 is 0 Å². The Balaban J connectivity index is 1.61. The Morgan fingerprint density at radius 3 is 2.89 bits per heavy atom. The minimum absolute atomic E-state index is 0.0928. The molecule has 2 aliphatic heterocycles. The summed E-state index contributed by atoms with van der Waals surface area (Å²) in [5.74, 6) is 1.19. The normalized spacial score (nSPS) is 35.1. The van der Waals surface area contributed by atoms with E-state index in [4.69, 9.17) is 15.2 Å². The molecule has 0 radical (unpaired) electrons. The average molecular weight is 264 g/mol. The predicted molar refractivity (Wildman–Crippen MR) is 68.8 cm³/mol. The molecule has 6 nitrogen and oxygen atoms in total. The third-order valence-corrected chi connectivity index (χ3v) is 4.60. The van der Waals surface area contributed by atoms with Crippen LogP contribution in [0.2, 0.25) is 0 Å². The zero-order valence-corrected chi connectivity index (χ0v) is 11.0. The van der Waals surface area contributed by atoms with Crippen molar-refractivity contribution in [2.45, 2.75) is 49.7 Å². The van der Waals surface area contributed by atoms with Crippen LogP contribution in [0.1, 0.15) is 49.8 Å². The van der Waals surface area contributed by atoms with Gasteiger partial charge in [-0.2, -0.15) is 0 Å². The maximum Gasteiger partial charge on any atom is 0.169 e. The van der Waals surface area contributed by atoms with E-state index in [0.29, 0.717) is 24.4 Å². The fraction of sp³-hybridized carbons (Fsp3) is 0.846. The van der Waals surface area contributed by atoms with Crippen molar-refractivity contribution in [3.05, 3.63) is 5.69 Å². The molecule has 2 unspecified atom stereocenters. The molecule has 2 atom stereocenters. The van der Waals surface area contributed by atoms with Crippen LogP contribution in [0.3, 0.4) is 0 Å². The van der Waals surface area contributed by atoms with Gasteiger partial charge in [0.25, 0.3) is 0 Å². The van der Waals surface area contributed by atoms with Gasteiger partial charge in [-0.3, -0.25) is 0 Å². The molecule has 1 aromatic heterocycles. The largest absolute Gasteiger partial charge is 0.381 e. The number of nitrogens with two attached hydrogens (primary N) is 1. The van der Waals surface area contributed by atoms with Gasteiger partial charge in [0.05, 0.1) is 23.9 Å². The van der Waals surface area contributed by atoms with Crippen molar-refractivity contribution in [1.82, 2.24) is 15.0 Å². The van der Waals surface area contributed by atoms with Gasteiger partial charge in [-0.15, -0.1) is 5.10 Å². The SMILES string of the molecule is Nc1nnn(C2CCOC3(CCOC3)C2)c1C1CC1. The van der Waals surface area contributed by atoms with Gasteiger partial charge in [0.1, 0.15) is 0 Å². The summed E-state index contributed by atoms with van der Waals surface area (Å²) in [6.45, 7) is 2.30. The molecular formula is C13H20N4O2. The van der Waals surface area contributed by atoms with E-state index < -0.39 is 0 Å². The first kappa shape index (κ1) is 11.7. The highest BCUT2D eigenvalue weighted by molar-refractivity contribution is 5.38. The van der Waals surface area contributed by atoms with Crippen LogP contribution < -0.4 is 5.73 Å². The third kappa shape index (κ3) is 1.94. The zero-order chi connectivity index (χ0) is 12.9. The summed E-state index contributed by atoms with van der Waals surface area (Å²) in [4.78, 5) is 0. The molecule has 1 spiro atoms. The monoisotopic (exact) mass is 264 g/mol. The highest BCUT2D eigenvalue weighted by Crippen LogP contribution is 2.45. The fourth-order valence-corrected chi connectivity index (χ4v) is 3.41. The van der Waals surface area contributed by atoms with E-state index in [0.717, 1.165) is 38.2 Å². The van der Waals surface area contributed by atoms with Crippen molar-refractivity contribution < 1.29 is 9.47 Å². The molecule has 2 saturated heterocycles. The van der Waals surface area contributed by atoms with Gasteiger partial charge in [-0.05, 0) is 19.3 Å². The summed E-state index contributed by atoms with van der Waals surface area (Å²) in [7, 11) is 0. The molecule has 3 fully saturated rings. The van der Waals surface area contributed by atoms with Crippen LogP contribution in [0.4, 0.5) is 5.82 Å². The van der Waals surface area contributed by atoms with Crippen molar-refractivity contribution in [2.24, 2.45) is 0 Å². The number of aromatic nitrogens is 3. The van der Waals surface area contributed by atoms with Crippen molar-refractivity contribution in [3.63, 3.8) is 0 Å². The highest BCUT2D eigenvalue weighted by atomic mass is 16.6. The van der Waals surface area contributed by atoms with Crippen LogP contribution in [-0.4, -0.2) is 40.4 Å². The summed E-state index contributed by atoms with van der Waals surface area (Å²) in [5, 5.41) is 8.39. The standard InChI is InChI=1S/C13H20N4O2/c14-12-11(9-1-2-9)17(16-15-12)10-3-5-19-13(7-10)4-6-18-8-13/h9-10H,1-8,14H2. The quantitative estimate of drug-likeness (QED) is 0.870. The van der Waals surface area contributed by atoms with E-state index in [-0.39, 0.29) is 5.60 Å². The second-order valence-corrected chi connectivity index (χ2v) is 6.06. The van der Waals surface area contributed by atoms with Crippen molar-refractivity contribution in [3.8, 4) is 0 Å². The van der Waals surface area contributed by atoms with E-state index in [1.165, 1.54) is 12.8 Å². The molecule has 0 bridgehead atoms. The number of hydrogen-bond donors (Lipinski definition) is 1. The van der Waals surface area contributed by atoms with Crippen molar-refractivity contribution in [2.75, 3.05) is 25.6 Å². The van der Waals surface area contributed by atoms with Crippen LogP contribution in [-0.2, 0) is 9.47 Å². The maximum absolute atomic E-state index is 5.98. The number of anilines is 1. The van der Waals surface area contributed by atoms with Gasteiger partial charge in [0.15, 0.2) is 5.82 Å². The zero-order valence-electron chi connectivity index (χ0n) is 11.0. The third-order valence-electron chi connectivity index (χ3n) is 4.60. The number of hydrogen-bond acceptors (Lipinski definition) is 5. The lowest BCUT2D eigenvalue weighted by atomic mass is 9.89. The second-order valence-electron chi connectivity index (χ2n) is 6.06. The molecule has 3 aliphatic rings. The van der Waals surface area contributed by atoms with Gasteiger partial charge in [0, 0.05) is 32.0 Å². The summed E-state index contributed by atoms with van der Waals surface area (Å²) in [6, 6.07) is 0.357. The van der Waals surface area contributed by atoms with Crippen molar-refractivity contribution in [1.29, 1.82) is 0 Å². The maximum atomic E-state index is 5.98. The Bertz CT molecular complexity index is 477. The number of nitrogen functional groups attached to an aromatic ring is 1. The minimum atomic E-state index is -0.0928. The first-order valence-corrected chi connectivity index (χ1v) is 7.20. The number of ether oxygens (including phenoxy) is 2. The van der Waals surface area contributed by atoms with Crippen LogP contribution in [0.5, 0.6) is 0 Å². The Labute approximate surface area is 112 Å². The molecular weight excluding hydrogens is 244 g/mol. The number of rotatable bonds is 2. The van der Waals surface area contributed by atoms with Gasteiger partial charge >= 0.3 is 0 Å². The van der Waals surface area contributed by atoms with Crippen LogP contribution in [0.15, 0.2) is 0 Å². The lowest BCUT2D eigenvalue weighted by Crippen LogP contribution is -2.41. The summed E-state index contributed by atoms with van der Waals surface area (Å²) < 4.78 is 13.6. The first-order chi connectivity index (χ1) is 9.27. The van der Waals surface area contributed by atoms with Crippen molar-refractivity contribution >= 4 is 5.82 Å².